The summed E-state index contributed by atoms with van der Waals surface area (Å²) in [5, 5.41) is 3.00. The van der Waals surface area contributed by atoms with Crippen molar-refractivity contribution in [1.82, 2.24) is 10.2 Å². The van der Waals surface area contributed by atoms with Crippen LogP contribution in [0.5, 0.6) is 0 Å². The highest BCUT2D eigenvalue weighted by atomic mass is 16.5. The van der Waals surface area contributed by atoms with E-state index in [0.29, 0.717) is 24.3 Å². The predicted molar refractivity (Wildman–Crippen MR) is 106 cm³/mol. The van der Waals surface area contributed by atoms with E-state index < -0.39 is 11.9 Å². The number of hydrogen-bond donors (Lipinski definition) is 1. The molecule has 0 aromatic carbocycles. The van der Waals surface area contributed by atoms with Crippen molar-refractivity contribution in [2.45, 2.75) is 84.2 Å². The van der Waals surface area contributed by atoms with Crippen LogP contribution in [-0.2, 0) is 19.1 Å². The Kier molecular flexibility index (Phi) is 7.00. The van der Waals surface area contributed by atoms with Crippen molar-refractivity contribution in [2.75, 3.05) is 13.2 Å². The molecule has 1 aliphatic heterocycles. The van der Waals surface area contributed by atoms with Gasteiger partial charge in [-0.15, -0.1) is 0 Å². The van der Waals surface area contributed by atoms with Crippen LogP contribution >= 0.6 is 0 Å². The highest BCUT2D eigenvalue weighted by Gasteiger charge is 2.42. The highest BCUT2D eigenvalue weighted by Crippen LogP contribution is 2.36. The molecule has 28 heavy (non-hydrogen) atoms. The van der Waals surface area contributed by atoms with Crippen LogP contribution < -0.4 is 5.32 Å². The fraction of sp³-hybridized carbons (Fsp3) is 0.864. The Balaban J connectivity index is 1.46. The molecule has 0 aromatic heterocycles. The van der Waals surface area contributed by atoms with Crippen molar-refractivity contribution in [3.8, 4) is 0 Å². The predicted octanol–water partition coefficient (Wildman–Crippen LogP) is 2.90. The molecule has 3 fully saturated rings. The van der Waals surface area contributed by atoms with Crippen molar-refractivity contribution in [1.29, 1.82) is 0 Å². The van der Waals surface area contributed by atoms with Crippen LogP contribution in [0.3, 0.4) is 0 Å². The van der Waals surface area contributed by atoms with Gasteiger partial charge in [0, 0.05) is 25.0 Å². The maximum atomic E-state index is 12.5. The molecule has 3 rings (SSSR count). The standard InChI is InChI=1S/C22H36N2O4/c1-14-8-6-10-19(16(14)3)24-12-17(11-21(24)26)22(27)28-13-20(25)23-18-9-5-4-7-15(18)2/h14-19H,4-13H2,1-3H3,(H,23,25)/t14-,15-,16-,17+,18-,19+/m0/s1. The topological polar surface area (TPSA) is 75.7 Å². The summed E-state index contributed by atoms with van der Waals surface area (Å²) in [4.78, 5) is 39.0. The van der Waals surface area contributed by atoms with Crippen LogP contribution in [0.25, 0.3) is 0 Å². The third kappa shape index (κ3) is 4.87. The molecule has 0 unspecified atom stereocenters. The van der Waals surface area contributed by atoms with E-state index in [1.807, 2.05) is 4.90 Å². The number of nitrogens with one attached hydrogen (secondary N) is 1. The van der Waals surface area contributed by atoms with Crippen molar-refractivity contribution in [2.24, 2.45) is 23.7 Å². The van der Waals surface area contributed by atoms with Gasteiger partial charge in [-0.3, -0.25) is 14.4 Å². The molecule has 158 valence electrons. The van der Waals surface area contributed by atoms with E-state index >= 15 is 0 Å². The van der Waals surface area contributed by atoms with Crippen LogP contribution in [0.4, 0.5) is 0 Å². The SMILES string of the molecule is C[C@@H]1[C@H](N2C[C@H](C(=O)OCC(=O)N[C@H]3CCCC[C@@H]3C)CC2=O)CCC[C@@H]1C. The van der Waals surface area contributed by atoms with Crippen LogP contribution in [0, 0.1) is 23.7 Å². The minimum absolute atomic E-state index is 0.0494. The Morgan fingerprint density at radius 1 is 1.04 bits per heavy atom. The van der Waals surface area contributed by atoms with Gasteiger partial charge in [-0.2, -0.15) is 0 Å². The highest BCUT2D eigenvalue weighted by molar-refractivity contribution is 5.88. The zero-order valence-corrected chi connectivity index (χ0v) is 17.6. The van der Waals surface area contributed by atoms with E-state index in [-0.39, 0.29) is 36.9 Å². The van der Waals surface area contributed by atoms with Gasteiger partial charge >= 0.3 is 5.97 Å². The molecule has 0 aromatic rings. The third-order valence-electron chi connectivity index (χ3n) is 7.36. The number of carbonyl (C=O) groups excluding carboxylic acids is 3. The third-order valence-corrected chi connectivity index (χ3v) is 7.36. The molecule has 1 N–H and O–H groups in total. The summed E-state index contributed by atoms with van der Waals surface area (Å²) in [5.74, 6) is 0.474. The summed E-state index contributed by atoms with van der Waals surface area (Å²) in [6.45, 7) is 6.80. The fourth-order valence-electron chi connectivity index (χ4n) is 5.24. The van der Waals surface area contributed by atoms with E-state index in [1.54, 1.807) is 0 Å². The Labute approximate surface area is 168 Å². The molecule has 1 saturated heterocycles. The Morgan fingerprint density at radius 3 is 2.50 bits per heavy atom. The fourth-order valence-corrected chi connectivity index (χ4v) is 5.24. The van der Waals surface area contributed by atoms with Crippen molar-refractivity contribution in [3.63, 3.8) is 0 Å². The number of carbonyl (C=O) groups is 3. The molecule has 1 heterocycles. The zero-order chi connectivity index (χ0) is 20.3. The van der Waals surface area contributed by atoms with Crippen molar-refractivity contribution < 1.29 is 19.1 Å². The largest absolute Gasteiger partial charge is 0.455 e. The first-order valence-electron chi connectivity index (χ1n) is 11.1. The normalized spacial score (nSPS) is 36.2. The Hall–Kier alpha value is -1.59. The number of rotatable bonds is 5. The lowest BCUT2D eigenvalue weighted by Crippen LogP contribution is -2.45. The van der Waals surface area contributed by atoms with E-state index in [1.165, 1.54) is 12.8 Å². The number of esters is 1. The van der Waals surface area contributed by atoms with Gasteiger partial charge in [0.2, 0.25) is 5.91 Å². The van der Waals surface area contributed by atoms with Gasteiger partial charge in [0.05, 0.1) is 5.92 Å². The monoisotopic (exact) mass is 392 g/mol. The van der Waals surface area contributed by atoms with Crippen LogP contribution in [-0.4, -0.2) is 47.9 Å². The van der Waals surface area contributed by atoms with E-state index in [9.17, 15) is 14.4 Å². The molecular formula is C22H36N2O4. The van der Waals surface area contributed by atoms with E-state index in [0.717, 1.165) is 32.1 Å². The number of amides is 2. The average Bonchev–Trinajstić information content (AvgIpc) is 3.05. The molecule has 0 bridgehead atoms. The summed E-state index contributed by atoms with van der Waals surface area (Å²) in [7, 11) is 0. The lowest BCUT2D eigenvalue weighted by atomic mass is 9.77. The molecule has 3 aliphatic rings. The van der Waals surface area contributed by atoms with Gasteiger partial charge < -0.3 is 15.0 Å². The second-order valence-corrected chi connectivity index (χ2v) is 9.33. The van der Waals surface area contributed by atoms with Gasteiger partial charge in [-0.05, 0) is 37.0 Å². The molecule has 2 amide bonds. The Bertz CT molecular complexity index is 593. The number of likely N-dealkylation sites (tertiary alicyclic amines) is 1. The zero-order valence-electron chi connectivity index (χ0n) is 17.6. The first kappa shape index (κ1) is 21.1. The molecule has 2 aliphatic carbocycles. The molecule has 2 saturated carbocycles. The second kappa shape index (κ2) is 9.27. The van der Waals surface area contributed by atoms with E-state index in [4.69, 9.17) is 4.74 Å². The van der Waals surface area contributed by atoms with Crippen LogP contribution in [0.15, 0.2) is 0 Å². The van der Waals surface area contributed by atoms with Crippen molar-refractivity contribution in [3.05, 3.63) is 0 Å². The van der Waals surface area contributed by atoms with Crippen LogP contribution in [0.2, 0.25) is 0 Å². The molecular weight excluding hydrogens is 356 g/mol. The molecule has 0 radical (unpaired) electrons. The number of hydrogen-bond acceptors (Lipinski definition) is 4. The van der Waals surface area contributed by atoms with Gasteiger partial charge in [-0.1, -0.05) is 46.5 Å². The van der Waals surface area contributed by atoms with E-state index in [2.05, 4.69) is 26.1 Å². The van der Waals surface area contributed by atoms with Crippen LogP contribution in [0.1, 0.15) is 72.1 Å². The lowest BCUT2D eigenvalue weighted by molar-refractivity contribution is -0.152. The number of ether oxygens (including phenoxy) is 1. The average molecular weight is 393 g/mol. The first-order chi connectivity index (χ1) is 13.4. The summed E-state index contributed by atoms with van der Waals surface area (Å²) >= 11 is 0. The van der Waals surface area contributed by atoms with Gasteiger partial charge in [0.1, 0.15) is 0 Å². The maximum Gasteiger partial charge on any atom is 0.311 e. The summed E-state index contributed by atoms with van der Waals surface area (Å²) in [6.07, 6.45) is 8.03. The molecule has 6 atom stereocenters. The first-order valence-corrected chi connectivity index (χ1v) is 11.1. The smallest absolute Gasteiger partial charge is 0.311 e. The van der Waals surface area contributed by atoms with Gasteiger partial charge in [-0.25, -0.2) is 0 Å². The number of nitrogens with zero attached hydrogens (tertiary/aromatic N) is 1. The minimum atomic E-state index is -0.446. The molecule has 0 spiro atoms. The molecule has 6 nitrogen and oxygen atoms in total. The Morgan fingerprint density at radius 2 is 1.75 bits per heavy atom. The summed E-state index contributed by atoms with van der Waals surface area (Å²) < 4.78 is 5.27. The van der Waals surface area contributed by atoms with Crippen molar-refractivity contribution >= 4 is 17.8 Å². The minimum Gasteiger partial charge on any atom is -0.455 e. The molecule has 6 heteroatoms. The maximum absolute atomic E-state index is 12.5. The second-order valence-electron chi connectivity index (χ2n) is 9.33. The summed E-state index contributed by atoms with van der Waals surface area (Å²) in [5.41, 5.74) is 0. The summed E-state index contributed by atoms with van der Waals surface area (Å²) in [6, 6.07) is 0.406. The van der Waals surface area contributed by atoms with Gasteiger partial charge in [0.15, 0.2) is 6.61 Å². The quantitative estimate of drug-likeness (QED) is 0.730. The lowest BCUT2D eigenvalue weighted by Gasteiger charge is -2.39. The van der Waals surface area contributed by atoms with Gasteiger partial charge in [0.25, 0.3) is 5.91 Å².